The van der Waals surface area contributed by atoms with E-state index in [9.17, 15) is 9.90 Å². The Bertz CT molecular complexity index is 728. The fourth-order valence-electron chi connectivity index (χ4n) is 4.95. The van der Waals surface area contributed by atoms with Crippen molar-refractivity contribution in [3.8, 4) is 0 Å². The summed E-state index contributed by atoms with van der Waals surface area (Å²) in [5.41, 5.74) is 2.67. The van der Waals surface area contributed by atoms with Crippen LogP contribution in [0.4, 0.5) is 0 Å². The Hall–Kier alpha value is -1.85. The highest BCUT2D eigenvalue weighted by Crippen LogP contribution is 2.35. The first-order valence-corrected chi connectivity index (χ1v) is 9.90. The summed E-state index contributed by atoms with van der Waals surface area (Å²) in [7, 11) is 0. The maximum atomic E-state index is 10.9. The molecule has 1 amide bonds. The van der Waals surface area contributed by atoms with Gasteiger partial charge in [0.05, 0.1) is 6.61 Å². The number of amides is 1. The molecule has 26 heavy (non-hydrogen) atoms. The van der Waals surface area contributed by atoms with Crippen LogP contribution in [0.1, 0.15) is 37.2 Å². The van der Waals surface area contributed by atoms with Gasteiger partial charge in [-0.3, -0.25) is 9.69 Å². The Labute approximate surface area is 155 Å². The van der Waals surface area contributed by atoms with Crippen LogP contribution >= 0.6 is 0 Å². The predicted molar refractivity (Wildman–Crippen MR) is 103 cm³/mol. The van der Waals surface area contributed by atoms with E-state index in [1.807, 2.05) is 4.90 Å². The first kappa shape index (κ1) is 17.6. The van der Waals surface area contributed by atoms with Crippen molar-refractivity contribution in [2.45, 2.75) is 37.6 Å². The van der Waals surface area contributed by atoms with Gasteiger partial charge in [-0.2, -0.15) is 0 Å². The van der Waals surface area contributed by atoms with E-state index < -0.39 is 0 Å². The number of aliphatic hydroxyl groups is 1. The van der Waals surface area contributed by atoms with Crippen molar-refractivity contribution >= 4 is 17.3 Å². The molecule has 2 aliphatic rings. The largest absolute Gasteiger partial charge is 0.395 e. The van der Waals surface area contributed by atoms with Crippen molar-refractivity contribution < 1.29 is 9.90 Å². The summed E-state index contributed by atoms with van der Waals surface area (Å²) in [6.45, 7) is 3.98. The average molecular weight is 355 g/mol. The van der Waals surface area contributed by atoms with Gasteiger partial charge in [-0.25, -0.2) is 0 Å². The number of fused-ring (bicyclic) bond motifs is 1. The molecule has 0 saturated carbocycles. The summed E-state index contributed by atoms with van der Waals surface area (Å²) >= 11 is 0. The van der Waals surface area contributed by atoms with Gasteiger partial charge >= 0.3 is 0 Å². The maximum Gasteiger partial charge on any atom is 0.209 e. The highest BCUT2D eigenvalue weighted by Gasteiger charge is 2.33. The quantitative estimate of drug-likeness (QED) is 0.811. The number of para-hydroxylation sites is 1. The van der Waals surface area contributed by atoms with E-state index in [1.165, 1.54) is 16.5 Å². The van der Waals surface area contributed by atoms with Crippen LogP contribution < -0.4 is 0 Å². The SMILES string of the molecule is O=CN1CCC(C(CO)N2CCC(c3c[nH]c4ccccc34)CC2)CC1. The number of likely N-dealkylation sites (tertiary alicyclic amines) is 2. The number of piperidine rings is 2. The number of nitrogens with one attached hydrogen (secondary N) is 1. The number of carbonyl (C=O) groups excluding carboxylic acids is 1. The second-order valence-corrected chi connectivity index (χ2v) is 7.83. The lowest BCUT2D eigenvalue weighted by atomic mass is 9.85. The van der Waals surface area contributed by atoms with Crippen LogP contribution in [0.3, 0.4) is 0 Å². The number of rotatable bonds is 5. The number of aliphatic hydroxyl groups excluding tert-OH is 1. The van der Waals surface area contributed by atoms with Gasteiger partial charge in [-0.15, -0.1) is 0 Å². The van der Waals surface area contributed by atoms with Gasteiger partial charge in [0.2, 0.25) is 6.41 Å². The van der Waals surface area contributed by atoms with E-state index in [4.69, 9.17) is 0 Å². The zero-order chi connectivity index (χ0) is 17.9. The number of hydrogen-bond donors (Lipinski definition) is 2. The number of H-pyrrole nitrogens is 1. The van der Waals surface area contributed by atoms with Gasteiger partial charge in [-0.05, 0) is 62.2 Å². The number of hydrogen-bond acceptors (Lipinski definition) is 3. The van der Waals surface area contributed by atoms with Gasteiger partial charge in [0.15, 0.2) is 0 Å². The molecule has 5 nitrogen and oxygen atoms in total. The molecule has 0 spiro atoms. The summed E-state index contributed by atoms with van der Waals surface area (Å²) in [4.78, 5) is 18.7. The number of aromatic amines is 1. The molecule has 1 unspecified atom stereocenters. The molecule has 1 aromatic carbocycles. The molecule has 1 atom stereocenters. The molecular weight excluding hydrogens is 326 g/mol. The van der Waals surface area contributed by atoms with Crippen molar-refractivity contribution in [3.05, 3.63) is 36.0 Å². The van der Waals surface area contributed by atoms with E-state index in [1.54, 1.807) is 0 Å². The molecule has 1 aromatic heterocycles. The minimum absolute atomic E-state index is 0.226. The third-order valence-electron chi connectivity index (χ3n) is 6.51. The van der Waals surface area contributed by atoms with E-state index in [-0.39, 0.29) is 12.6 Å². The molecule has 2 saturated heterocycles. The maximum absolute atomic E-state index is 10.9. The lowest BCUT2D eigenvalue weighted by Gasteiger charge is -2.42. The summed E-state index contributed by atoms with van der Waals surface area (Å²) in [6, 6.07) is 8.79. The predicted octanol–water partition coefficient (Wildman–Crippen LogP) is 2.58. The third kappa shape index (κ3) is 3.38. The molecule has 0 radical (unpaired) electrons. The molecule has 140 valence electrons. The first-order chi connectivity index (χ1) is 12.8. The number of nitrogens with zero attached hydrogens (tertiary/aromatic N) is 2. The first-order valence-electron chi connectivity index (χ1n) is 9.90. The summed E-state index contributed by atoms with van der Waals surface area (Å²) < 4.78 is 0. The number of aromatic nitrogens is 1. The molecule has 4 rings (SSSR count). The molecule has 2 aromatic rings. The van der Waals surface area contributed by atoms with Crippen LogP contribution in [0.2, 0.25) is 0 Å². The number of benzene rings is 1. The van der Waals surface area contributed by atoms with Crippen LogP contribution in [0.25, 0.3) is 10.9 Å². The van der Waals surface area contributed by atoms with Crippen molar-refractivity contribution in [1.29, 1.82) is 0 Å². The summed E-state index contributed by atoms with van der Waals surface area (Å²) in [6.07, 6.45) is 7.44. The second-order valence-electron chi connectivity index (χ2n) is 7.83. The Morgan fingerprint density at radius 1 is 1.12 bits per heavy atom. The van der Waals surface area contributed by atoms with Crippen molar-refractivity contribution in [2.75, 3.05) is 32.8 Å². The topological polar surface area (TPSA) is 59.6 Å². The average Bonchev–Trinajstić information content (AvgIpc) is 3.14. The molecule has 0 aliphatic carbocycles. The zero-order valence-corrected chi connectivity index (χ0v) is 15.3. The Balaban J connectivity index is 1.38. The molecular formula is C21H29N3O2. The van der Waals surface area contributed by atoms with Crippen LogP contribution in [0.5, 0.6) is 0 Å². The Morgan fingerprint density at radius 2 is 1.85 bits per heavy atom. The van der Waals surface area contributed by atoms with Crippen LogP contribution in [0, 0.1) is 5.92 Å². The molecule has 2 N–H and O–H groups in total. The zero-order valence-electron chi connectivity index (χ0n) is 15.3. The van der Waals surface area contributed by atoms with Crippen molar-refractivity contribution in [1.82, 2.24) is 14.8 Å². The van der Waals surface area contributed by atoms with Gasteiger partial charge in [-0.1, -0.05) is 18.2 Å². The summed E-state index contributed by atoms with van der Waals surface area (Å²) in [5, 5.41) is 11.4. The molecule has 0 bridgehead atoms. The minimum atomic E-state index is 0.226. The third-order valence-corrected chi connectivity index (χ3v) is 6.51. The van der Waals surface area contributed by atoms with Crippen LogP contribution in [-0.2, 0) is 4.79 Å². The van der Waals surface area contributed by atoms with Gasteiger partial charge in [0.25, 0.3) is 0 Å². The normalized spacial score (nSPS) is 22.0. The van der Waals surface area contributed by atoms with Gasteiger partial charge in [0.1, 0.15) is 0 Å². The number of carbonyl (C=O) groups is 1. The highest BCUT2D eigenvalue weighted by molar-refractivity contribution is 5.83. The van der Waals surface area contributed by atoms with Crippen LogP contribution in [0.15, 0.2) is 30.5 Å². The molecule has 5 heteroatoms. The monoisotopic (exact) mass is 355 g/mol. The Kier molecular flexibility index (Phi) is 5.27. The summed E-state index contributed by atoms with van der Waals surface area (Å²) in [5.74, 6) is 1.10. The smallest absolute Gasteiger partial charge is 0.209 e. The second kappa shape index (κ2) is 7.80. The highest BCUT2D eigenvalue weighted by atomic mass is 16.3. The van der Waals surface area contributed by atoms with Crippen molar-refractivity contribution in [3.63, 3.8) is 0 Å². The Morgan fingerprint density at radius 3 is 2.54 bits per heavy atom. The van der Waals surface area contributed by atoms with Crippen LogP contribution in [-0.4, -0.2) is 65.1 Å². The minimum Gasteiger partial charge on any atom is -0.395 e. The van der Waals surface area contributed by atoms with E-state index in [2.05, 4.69) is 40.3 Å². The van der Waals surface area contributed by atoms with Crippen molar-refractivity contribution in [2.24, 2.45) is 5.92 Å². The van der Waals surface area contributed by atoms with E-state index >= 15 is 0 Å². The van der Waals surface area contributed by atoms with E-state index in [0.29, 0.717) is 11.8 Å². The molecule has 2 fully saturated rings. The fourth-order valence-corrected chi connectivity index (χ4v) is 4.95. The molecule has 2 aliphatic heterocycles. The fraction of sp³-hybridized carbons (Fsp3) is 0.571. The van der Waals surface area contributed by atoms with E-state index in [0.717, 1.165) is 58.3 Å². The van der Waals surface area contributed by atoms with Gasteiger partial charge in [0, 0.05) is 36.2 Å². The lowest BCUT2D eigenvalue weighted by Crippen LogP contribution is -2.49. The standard InChI is InChI=1S/C21H29N3O2/c25-14-21(17-5-9-23(15-26)10-6-17)24-11-7-16(8-12-24)19-13-22-20-4-2-1-3-18(19)20/h1-4,13,15-17,21-22,25H,5-12,14H2. The lowest BCUT2D eigenvalue weighted by molar-refractivity contribution is -0.119. The van der Waals surface area contributed by atoms with Gasteiger partial charge < -0.3 is 15.0 Å². The molecule has 3 heterocycles.